The summed E-state index contributed by atoms with van der Waals surface area (Å²) >= 11 is 1.46. The van der Waals surface area contributed by atoms with Gasteiger partial charge in [-0.25, -0.2) is 9.79 Å². The summed E-state index contributed by atoms with van der Waals surface area (Å²) in [5.74, 6) is 0.146. The molecule has 2 aromatic rings. The summed E-state index contributed by atoms with van der Waals surface area (Å²) in [4.78, 5) is 32.6. The van der Waals surface area contributed by atoms with E-state index in [2.05, 4.69) is 11.4 Å². The molecule has 0 unspecified atom stereocenters. The van der Waals surface area contributed by atoms with Crippen LogP contribution in [0.2, 0.25) is 0 Å². The van der Waals surface area contributed by atoms with Gasteiger partial charge < -0.3 is 19.7 Å². The van der Waals surface area contributed by atoms with Gasteiger partial charge in [-0.1, -0.05) is 48.5 Å². The number of carbonyl (C=O) groups excluding carboxylic acids is 2. The first-order valence-electron chi connectivity index (χ1n) is 11.0. The average Bonchev–Trinajstić information content (AvgIpc) is 3.24. The number of rotatable bonds is 7. The second kappa shape index (κ2) is 10.2. The van der Waals surface area contributed by atoms with E-state index in [1.54, 1.807) is 31.4 Å². The Bertz CT molecular complexity index is 1200. The van der Waals surface area contributed by atoms with E-state index in [0.29, 0.717) is 23.4 Å². The van der Waals surface area contributed by atoms with Gasteiger partial charge in [0, 0.05) is 11.4 Å². The average molecular weight is 478 g/mol. The Labute approximate surface area is 203 Å². The number of ether oxygens (including phenoxy) is 2. The minimum atomic E-state index is -0.426. The number of nitrogens with one attached hydrogen (secondary N) is 1. The lowest BCUT2D eigenvalue weighted by atomic mass is 9.92. The standard InChI is InChI=1S/C26H27N3O4S/c1-5-21-23(25(31)33-4)24(17-8-6-7-16(2)13-17)29-19(15-34-26(29)28-21)14-22(30)27-18-9-11-20(32-3)12-10-18/h6-13,15,24H,5,14H2,1-4H3,(H,27,30)/t24-/m0/s1. The Morgan fingerprint density at radius 2 is 1.91 bits per heavy atom. The quantitative estimate of drug-likeness (QED) is 0.554. The van der Waals surface area contributed by atoms with Crippen molar-refractivity contribution in [2.24, 2.45) is 4.99 Å². The highest BCUT2D eigenvalue weighted by molar-refractivity contribution is 8.16. The summed E-state index contributed by atoms with van der Waals surface area (Å²) in [7, 11) is 2.98. The molecule has 0 aliphatic carbocycles. The Hall–Kier alpha value is -3.52. The van der Waals surface area contributed by atoms with E-state index in [0.717, 1.165) is 27.7 Å². The minimum absolute atomic E-state index is 0.135. The van der Waals surface area contributed by atoms with E-state index >= 15 is 0 Å². The molecule has 7 nitrogen and oxygen atoms in total. The number of benzene rings is 2. The molecule has 1 atom stereocenters. The maximum atomic E-state index is 12.9. The summed E-state index contributed by atoms with van der Waals surface area (Å²) in [6, 6.07) is 14.8. The number of nitrogens with zero attached hydrogens (tertiary/aromatic N) is 2. The highest BCUT2D eigenvalue weighted by Crippen LogP contribution is 2.45. The van der Waals surface area contributed by atoms with Crippen LogP contribution in [0.15, 0.2) is 75.9 Å². The predicted molar refractivity (Wildman–Crippen MR) is 134 cm³/mol. The SMILES string of the molecule is CCC1=C(C(=O)OC)[C@H](c2cccc(C)c2)N2C(CC(=O)Nc3ccc(OC)cc3)=CSC2=N1. The zero-order valence-electron chi connectivity index (χ0n) is 19.6. The molecule has 34 heavy (non-hydrogen) atoms. The number of hydrogen-bond donors (Lipinski definition) is 1. The van der Waals surface area contributed by atoms with E-state index < -0.39 is 12.0 Å². The number of hydrogen-bond acceptors (Lipinski definition) is 7. The van der Waals surface area contributed by atoms with E-state index in [-0.39, 0.29) is 12.3 Å². The Morgan fingerprint density at radius 1 is 1.15 bits per heavy atom. The molecular weight excluding hydrogens is 450 g/mol. The van der Waals surface area contributed by atoms with Gasteiger partial charge in [-0.2, -0.15) is 0 Å². The number of carbonyl (C=O) groups is 2. The molecule has 2 heterocycles. The van der Waals surface area contributed by atoms with Crippen LogP contribution in [-0.2, 0) is 14.3 Å². The monoisotopic (exact) mass is 477 g/mol. The van der Waals surface area contributed by atoms with Crippen LogP contribution in [-0.4, -0.2) is 36.2 Å². The molecule has 176 valence electrons. The van der Waals surface area contributed by atoms with Crippen LogP contribution in [0.1, 0.15) is 36.9 Å². The first-order valence-corrected chi connectivity index (χ1v) is 11.9. The molecule has 1 amide bonds. The number of amides is 1. The predicted octanol–water partition coefficient (Wildman–Crippen LogP) is 5.17. The van der Waals surface area contributed by atoms with E-state index in [9.17, 15) is 9.59 Å². The van der Waals surface area contributed by atoms with E-state index in [1.807, 2.05) is 42.4 Å². The maximum Gasteiger partial charge on any atom is 0.338 e. The van der Waals surface area contributed by atoms with Gasteiger partial charge in [-0.15, -0.1) is 0 Å². The molecule has 2 aliphatic heterocycles. The number of allylic oxidation sites excluding steroid dienone is 1. The topological polar surface area (TPSA) is 80.2 Å². The summed E-state index contributed by atoms with van der Waals surface area (Å²) in [6.45, 7) is 3.99. The molecule has 0 bridgehead atoms. The summed E-state index contributed by atoms with van der Waals surface area (Å²) in [5.41, 5.74) is 4.69. The zero-order chi connectivity index (χ0) is 24.2. The highest BCUT2D eigenvalue weighted by atomic mass is 32.2. The van der Waals surface area contributed by atoms with Crippen molar-refractivity contribution in [3.05, 3.63) is 82.0 Å². The number of aliphatic imine (C=N–C) groups is 1. The fraction of sp³-hybridized carbons (Fsp3) is 0.269. The van der Waals surface area contributed by atoms with Gasteiger partial charge in [-0.05, 0) is 48.6 Å². The summed E-state index contributed by atoms with van der Waals surface area (Å²) in [6.07, 6.45) is 0.730. The van der Waals surface area contributed by atoms with Crippen LogP contribution in [0, 0.1) is 6.92 Å². The maximum absolute atomic E-state index is 12.9. The third-order valence-corrected chi connectivity index (χ3v) is 6.59. The number of anilines is 1. The molecule has 0 saturated carbocycles. The molecule has 0 fully saturated rings. The Kier molecular flexibility index (Phi) is 7.07. The fourth-order valence-electron chi connectivity index (χ4n) is 4.11. The van der Waals surface area contributed by atoms with Crippen molar-refractivity contribution >= 4 is 34.5 Å². The van der Waals surface area contributed by atoms with Crippen LogP contribution < -0.4 is 10.1 Å². The van der Waals surface area contributed by atoms with Crippen molar-refractivity contribution in [3.63, 3.8) is 0 Å². The van der Waals surface area contributed by atoms with Crippen molar-refractivity contribution in [3.8, 4) is 5.75 Å². The molecule has 0 aromatic heterocycles. The molecule has 0 saturated heterocycles. The largest absolute Gasteiger partial charge is 0.497 e. The van der Waals surface area contributed by atoms with E-state index in [4.69, 9.17) is 14.5 Å². The third-order valence-electron chi connectivity index (χ3n) is 5.70. The molecule has 2 aliphatic rings. The molecule has 1 N–H and O–H groups in total. The van der Waals surface area contributed by atoms with Gasteiger partial charge >= 0.3 is 5.97 Å². The second-order valence-electron chi connectivity index (χ2n) is 7.97. The van der Waals surface area contributed by atoms with Gasteiger partial charge in [0.1, 0.15) is 5.75 Å². The van der Waals surface area contributed by atoms with Gasteiger partial charge in [-0.3, -0.25) is 4.79 Å². The van der Waals surface area contributed by atoms with Crippen molar-refractivity contribution in [1.29, 1.82) is 0 Å². The lowest BCUT2D eigenvalue weighted by molar-refractivity contribution is -0.136. The van der Waals surface area contributed by atoms with E-state index in [1.165, 1.54) is 18.9 Å². The molecule has 4 rings (SSSR count). The van der Waals surface area contributed by atoms with Gasteiger partial charge in [0.25, 0.3) is 0 Å². The Balaban J connectivity index is 1.65. The molecule has 2 aromatic carbocycles. The normalized spacial score (nSPS) is 17.1. The number of amidine groups is 1. The first-order chi connectivity index (χ1) is 16.4. The van der Waals surface area contributed by atoms with Crippen LogP contribution >= 0.6 is 11.8 Å². The van der Waals surface area contributed by atoms with Crippen LogP contribution in [0.25, 0.3) is 0 Å². The van der Waals surface area contributed by atoms with Crippen LogP contribution in [0.3, 0.4) is 0 Å². The molecular formula is C26H27N3O4S. The molecule has 0 radical (unpaired) electrons. The number of esters is 1. The lowest BCUT2D eigenvalue weighted by Crippen LogP contribution is -2.37. The lowest BCUT2D eigenvalue weighted by Gasteiger charge is -2.36. The molecule has 8 heteroatoms. The Morgan fingerprint density at radius 3 is 2.56 bits per heavy atom. The zero-order valence-corrected chi connectivity index (χ0v) is 20.4. The summed E-state index contributed by atoms with van der Waals surface area (Å²) < 4.78 is 10.3. The van der Waals surface area contributed by atoms with Crippen molar-refractivity contribution in [2.75, 3.05) is 19.5 Å². The van der Waals surface area contributed by atoms with Crippen LogP contribution in [0.5, 0.6) is 5.75 Å². The van der Waals surface area contributed by atoms with Gasteiger partial charge in [0.05, 0.1) is 38.0 Å². The molecule has 0 spiro atoms. The van der Waals surface area contributed by atoms with Crippen molar-refractivity contribution in [2.45, 2.75) is 32.7 Å². The first kappa shape index (κ1) is 23.6. The fourth-order valence-corrected chi connectivity index (χ4v) is 5.05. The number of methoxy groups -OCH3 is 2. The van der Waals surface area contributed by atoms with Crippen molar-refractivity contribution < 1.29 is 19.1 Å². The van der Waals surface area contributed by atoms with Gasteiger partial charge in [0.15, 0.2) is 5.17 Å². The third kappa shape index (κ3) is 4.72. The minimum Gasteiger partial charge on any atom is -0.497 e. The second-order valence-corrected chi connectivity index (χ2v) is 8.80. The van der Waals surface area contributed by atoms with Gasteiger partial charge in [0.2, 0.25) is 5.91 Å². The summed E-state index contributed by atoms with van der Waals surface area (Å²) in [5, 5.41) is 5.62. The number of fused-ring (bicyclic) bond motifs is 1. The van der Waals surface area contributed by atoms with Crippen molar-refractivity contribution in [1.82, 2.24) is 4.90 Å². The smallest absolute Gasteiger partial charge is 0.338 e. The highest BCUT2D eigenvalue weighted by Gasteiger charge is 2.41. The number of thioether (sulfide) groups is 1. The van der Waals surface area contributed by atoms with Crippen LogP contribution in [0.4, 0.5) is 5.69 Å². The number of aryl methyl sites for hydroxylation is 1.